The number of rotatable bonds is 13. The fraction of sp³-hybridized carbons (Fsp3) is 0.179. The summed E-state index contributed by atoms with van der Waals surface area (Å²) >= 11 is 0. The molecule has 1 aliphatic heterocycles. The maximum atomic E-state index is 13.4. The number of nitrogens with zero attached hydrogens (tertiary/aromatic N) is 3. The van der Waals surface area contributed by atoms with Gasteiger partial charge < -0.3 is 34.5 Å². The number of carbonyl (C=O) groups excluding carboxylic acids is 1. The number of hydrogen-bond acceptors (Lipinski definition) is 9. The van der Waals surface area contributed by atoms with Crippen LogP contribution in [0.5, 0.6) is 11.5 Å². The summed E-state index contributed by atoms with van der Waals surface area (Å²) in [5, 5.41) is 23.7. The van der Waals surface area contributed by atoms with Crippen LogP contribution in [-0.4, -0.2) is 72.3 Å². The van der Waals surface area contributed by atoms with Crippen molar-refractivity contribution in [3.63, 3.8) is 0 Å². The summed E-state index contributed by atoms with van der Waals surface area (Å²) in [6, 6.07) is 26.9. The number of aromatic hydroxyl groups is 1. The van der Waals surface area contributed by atoms with Gasteiger partial charge in [-0.2, -0.15) is 0 Å². The highest BCUT2D eigenvalue weighted by atomic mass is 16.5. The molecule has 254 valence electrons. The number of phenols is 1. The van der Waals surface area contributed by atoms with Crippen molar-refractivity contribution in [3.8, 4) is 33.9 Å². The fourth-order valence-electron chi connectivity index (χ4n) is 5.86. The number of methoxy groups -OCH3 is 1. The van der Waals surface area contributed by atoms with Crippen molar-refractivity contribution < 1.29 is 29.0 Å². The molecule has 0 fully saturated rings. The Labute approximate surface area is 288 Å². The van der Waals surface area contributed by atoms with E-state index >= 15 is 0 Å². The van der Waals surface area contributed by atoms with Crippen LogP contribution in [0.3, 0.4) is 0 Å². The van der Waals surface area contributed by atoms with Crippen molar-refractivity contribution in [3.05, 3.63) is 130 Å². The number of hydrogen-bond donors (Lipinski definition) is 3. The van der Waals surface area contributed by atoms with Crippen LogP contribution in [0, 0.1) is 0 Å². The number of ether oxygens (including phenoxy) is 1. The van der Waals surface area contributed by atoms with Crippen molar-refractivity contribution in [2.75, 3.05) is 45.2 Å². The lowest BCUT2D eigenvalue weighted by Gasteiger charge is -2.27. The van der Waals surface area contributed by atoms with E-state index in [4.69, 9.17) is 9.15 Å². The number of likely N-dealkylation sites (N-methyl/N-ethyl adjacent to an activating group) is 1. The lowest BCUT2D eigenvalue weighted by atomic mass is 9.89. The molecule has 0 radical (unpaired) electrons. The Morgan fingerprint density at radius 3 is 2.46 bits per heavy atom. The van der Waals surface area contributed by atoms with E-state index in [0.29, 0.717) is 49.2 Å². The third-order valence-electron chi connectivity index (χ3n) is 8.49. The van der Waals surface area contributed by atoms with E-state index in [1.165, 1.54) is 36.4 Å². The van der Waals surface area contributed by atoms with Crippen LogP contribution in [0.15, 0.2) is 112 Å². The number of fused-ring (bicyclic) bond motifs is 2. The van der Waals surface area contributed by atoms with Crippen LogP contribution >= 0.6 is 0 Å². The Kier molecular flexibility index (Phi) is 10.1. The number of anilines is 1. The minimum Gasteiger partial charge on any atom is -0.508 e. The Morgan fingerprint density at radius 2 is 1.72 bits per heavy atom. The standard InChI is InChI=1S/C39H36N4O7/c1-42(19-20-43(36-5-3-4-16-40-36)24-25-6-11-29(49-2)12-7-25)18-17-41-38(46)26-8-13-30(39(47)48)33(21-26)37-31-14-9-27(44)22-34(31)50-35-23-28(45)10-15-32(35)37/h3-16,21-23,44H,17-20,24H2,1-2H3,(H,41,46)(H,47,48). The average Bonchev–Trinajstić information content (AvgIpc) is 3.12. The van der Waals surface area contributed by atoms with Gasteiger partial charge in [-0.3, -0.25) is 9.59 Å². The van der Waals surface area contributed by atoms with Gasteiger partial charge in [0.2, 0.25) is 0 Å². The van der Waals surface area contributed by atoms with Gasteiger partial charge in [-0.15, -0.1) is 0 Å². The molecule has 1 amide bonds. The first-order chi connectivity index (χ1) is 24.2. The van der Waals surface area contributed by atoms with Gasteiger partial charge in [0.25, 0.3) is 5.91 Å². The normalized spacial score (nSPS) is 11.2. The third-order valence-corrected chi connectivity index (χ3v) is 8.49. The molecule has 4 aromatic rings. The van der Waals surface area contributed by atoms with Crippen LogP contribution in [-0.2, 0) is 6.54 Å². The zero-order chi connectivity index (χ0) is 35.2. The van der Waals surface area contributed by atoms with E-state index in [9.17, 15) is 24.6 Å². The van der Waals surface area contributed by atoms with Crippen LogP contribution < -0.4 is 20.4 Å². The SMILES string of the molecule is COc1ccc(CN(CCN(C)CCNC(=O)c2ccc(C(=O)O)c(-c3c4ccc(=O)cc-4oc4cc(O)ccc34)c2)c2ccccn2)cc1. The highest BCUT2D eigenvalue weighted by Crippen LogP contribution is 2.42. The fourth-order valence-corrected chi connectivity index (χ4v) is 5.86. The third kappa shape index (κ3) is 7.58. The highest BCUT2D eigenvalue weighted by Gasteiger charge is 2.23. The first-order valence-electron chi connectivity index (χ1n) is 16.0. The minimum absolute atomic E-state index is 0.0264. The molecule has 0 unspecified atom stereocenters. The van der Waals surface area contributed by atoms with Gasteiger partial charge >= 0.3 is 5.97 Å². The lowest BCUT2D eigenvalue weighted by molar-refractivity contribution is 0.0697. The molecule has 0 spiro atoms. The van der Waals surface area contributed by atoms with Gasteiger partial charge in [-0.25, -0.2) is 9.78 Å². The van der Waals surface area contributed by atoms with Gasteiger partial charge in [0.1, 0.15) is 28.7 Å². The maximum absolute atomic E-state index is 13.4. The summed E-state index contributed by atoms with van der Waals surface area (Å²) in [5.74, 6) is 0.297. The van der Waals surface area contributed by atoms with Crippen LogP contribution in [0.25, 0.3) is 33.4 Å². The molecule has 0 saturated carbocycles. The molecular weight excluding hydrogens is 636 g/mol. The second kappa shape index (κ2) is 14.9. The zero-order valence-corrected chi connectivity index (χ0v) is 27.6. The lowest BCUT2D eigenvalue weighted by Crippen LogP contribution is -2.37. The summed E-state index contributed by atoms with van der Waals surface area (Å²) in [5.41, 5.74) is 2.60. The number of benzene rings is 4. The van der Waals surface area contributed by atoms with E-state index in [0.717, 1.165) is 17.1 Å². The number of pyridine rings is 1. The molecule has 3 aromatic carbocycles. The number of phenolic OH excluding ortho intramolecular Hbond substituents is 1. The van der Waals surface area contributed by atoms with Gasteiger partial charge in [0.05, 0.1) is 12.7 Å². The Bertz CT molecular complexity index is 2170. The van der Waals surface area contributed by atoms with Gasteiger partial charge in [0.15, 0.2) is 5.43 Å². The van der Waals surface area contributed by atoms with E-state index in [1.54, 1.807) is 31.5 Å². The number of carbonyl (C=O) groups is 2. The summed E-state index contributed by atoms with van der Waals surface area (Å²) < 4.78 is 11.2. The van der Waals surface area contributed by atoms with Gasteiger partial charge in [-0.05, 0) is 84.9 Å². The predicted molar refractivity (Wildman–Crippen MR) is 191 cm³/mol. The summed E-state index contributed by atoms with van der Waals surface area (Å²) in [6.45, 7) is 3.00. The van der Waals surface area contributed by atoms with Crippen LogP contribution in [0.2, 0.25) is 0 Å². The quantitative estimate of drug-likeness (QED) is 0.130. The van der Waals surface area contributed by atoms with Crippen molar-refractivity contribution in [1.29, 1.82) is 0 Å². The molecule has 11 heteroatoms. The van der Waals surface area contributed by atoms with Crippen molar-refractivity contribution in [1.82, 2.24) is 15.2 Å². The summed E-state index contributed by atoms with van der Waals surface area (Å²) in [6.07, 6.45) is 1.77. The maximum Gasteiger partial charge on any atom is 0.336 e. The Balaban J connectivity index is 1.17. The predicted octanol–water partition coefficient (Wildman–Crippen LogP) is 5.74. The van der Waals surface area contributed by atoms with E-state index in [-0.39, 0.29) is 45.1 Å². The number of carboxylic acids is 1. The van der Waals surface area contributed by atoms with Crippen LogP contribution in [0.4, 0.5) is 5.82 Å². The molecular formula is C39H36N4O7. The number of nitrogens with one attached hydrogen (secondary N) is 1. The average molecular weight is 673 g/mol. The molecule has 0 saturated heterocycles. The second-order valence-corrected chi connectivity index (χ2v) is 11.9. The molecule has 0 bridgehead atoms. The second-order valence-electron chi connectivity index (χ2n) is 11.9. The molecule has 50 heavy (non-hydrogen) atoms. The smallest absolute Gasteiger partial charge is 0.336 e. The van der Waals surface area contributed by atoms with Crippen molar-refractivity contribution in [2.24, 2.45) is 0 Å². The first-order valence-corrected chi connectivity index (χ1v) is 16.0. The molecule has 2 aliphatic rings. The topological polar surface area (TPSA) is 145 Å². The number of amides is 1. The van der Waals surface area contributed by atoms with Crippen LogP contribution in [0.1, 0.15) is 26.3 Å². The number of carboxylic acid groups (broad SMARTS) is 1. The Morgan fingerprint density at radius 1 is 0.900 bits per heavy atom. The van der Waals surface area contributed by atoms with Gasteiger partial charge in [0, 0.05) is 73.1 Å². The zero-order valence-electron chi connectivity index (χ0n) is 27.6. The van der Waals surface area contributed by atoms with E-state index in [1.807, 2.05) is 49.5 Å². The monoisotopic (exact) mass is 672 g/mol. The van der Waals surface area contributed by atoms with Crippen molar-refractivity contribution >= 4 is 28.7 Å². The van der Waals surface area contributed by atoms with E-state index < -0.39 is 5.97 Å². The Hall–Kier alpha value is -6.20. The number of aromatic nitrogens is 1. The van der Waals surface area contributed by atoms with E-state index in [2.05, 4.69) is 20.1 Å². The summed E-state index contributed by atoms with van der Waals surface area (Å²) in [7, 11) is 3.63. The molecule has 3 N–H and O–H groups in total. The first kappa shape index (κ1) is 33.7. The molecule has 11 nitrogen and oxygen atoms in total. The molecule has 2 heterocycles. The molecule has 0 atom stereocenters. The highest BCUT2D eigenvalue weighted by molar-refractivity contribution is 6.09. The molecule has 1 aliphatic carbocycles. The largest absolute Gasteiger partial charge is 0.508 e. The van der Waals surface area contributed by atoms with Gasteiger partial charge in [-0.1, -0.05) is 18.2 Å². The molecule has 6 rings (SSSR count). The van der Waals surface area contributed by atoms with Crippen molar-refractivity contribution in [2.45, 2.75) is 6.54 Å². The summed E-state index contributed by atoms with van der Waals surface area (Å²) in [4.78, 5) is 46.8. The number of aromatic carboxylic acids is 1. The molecule has 1 aromatic heterocycles. The minimum atomic E-state index is -1.18.